The summed E-state index contributed by atoms with van der Waals surface area (Å²) in [7, 11) is -15.8. The Bertz CT molecular complexity index is 649. The quantitative estimate of drug-likeness (QED) is 0.111. The highest BCUT2D eigenvalue weighted by Gasteiger charge is 2.56. The zero-order chi connectivity index (χ0) is 21.9. The molecule has 19 heteroatoms. The van der Waals surface area contributed by atoms with Crippen LogP contribution in [0.15, 0.2) is 0 Å². The van der Waals surface area contributed by atoms with E-state index in [1.165, 1.54) is 0 Å². The van der Waals surface area contributed by atoms with Crippen LogP contribution in [0.5, 0.6) is 0 Å². The molecule has 0 radical (unpaired) electrons. The molecule has 16 nitrogen and oxygen atoms in total. The lowest BCUT2D eigenvalue weighted by Crippen LogP contribution is -2.65. The molecule has 28 heavy (non-hydrogen) atoms. The Morgan fingerprint density at radius 1 is 0.714 bits per heavy atom. The SMILES string of the molecule is NCCCOP(=O)(O)O[C@@H]1[C@H](O)[C@@H](O)[C@H](OP(=O)(O)O)[C@@H](OP(=O)(O)O)[C@@H]1O. The molecule has 10 N–H and O–H groups in total. The van der Waals surface area contributed by atoms with Crippen molar-refractivity contribution in [1.29, 1.82) is 0 Å². The molecule has 1 aliphatic carbocycles. The fourth-order valence-electron chi connectivity index (χ4n) is 2.30. The van der Waals surface area contributed by atoms with Crippen molar-refractivity contribution in [3.63, 3.8) is 0 Å². The van der Waals surface area contributed by atoms with Crippen LogP contribution in [-0.4, -0.2) is 89.6 Å². The molecule has 0 bridgehead atoms. The van der Waals surface area contributed by atoms with Crippen molar-refractivity contribution in [3.05, 3.63) is 0 Å². The highest BCUT2D eigenvalue weighted by atomic mass is 31.2. The maximum atomic E-state index is 11.9. The van der Waals surface area contributed by atoms with Crippen molar-refractivity contribution in [2.45, 2.75) is 43.0 Å². The largest absolute Gasteiger partial charge is 0.472 e. The van der Waals surface area contributed by atoms with E-state index in [2.05, 4.69) is 18.1 Å². The number of nitrogens with two attached hydrogens (primary N) is 1. The second-order valence-electron chi connectivity index (χ2n) is 5.61. The first-order chi connectivity index (χ1) is 12.6. The van der Waals surface area contributed by atoms with Gasteiger partial charge in [0.25, 0.3) is 0 Å². The normalized spacial score (nSPS) is 34.2. The summed E-state index contributed by atoms with van der Waals surface area (Å²) in [5.41, 5.74) is 5.17. The number of phosphoric ester groups is 3. The predicted octanol–water partition coefficient (Wildman–Crippen LogP) is -3.11. The van der Waals surface area contributed by atoms with Gasteiger partial charge in [0.2, 0.25) is 0 Å². The van der Waals surface area contributed by atoms with Gasteiger partial charge in [0.05, 0.1) is 6.61 Å². The minimum atomic E-state index is -5.44. The molecule has 1 rings (SSSR count). The van der Waals surface area contributed by atoms with Crippen LogP contribution in [0.25, 0.3) is 0 Å². The Labute approximate surface area is 157 Å². The van der Waals surface area contributed by atoms with Crippen LogP contribution in [0, 0.1) is 0 Å². The molecule has 1 aliphatic rings. The van der Waals surface area contributed by atoms with Crippen LogP contribution in [0.1, 0.15) is 6.42 Å². The number of hydrogen-bond donors (Lipinski definition) is 9. The first kappa shape index (κ1) is 26.2. The monoisotopic (exact) mass is 477 g/mol. The van der Waals surface area contributed by atoms with Gasteiger partial charge in [0, 0.05) is 0 Å². The van der Waals surface area contributed by atoms with Crippen molar-refractivity contribution in [2.24, 2.45) is 5.73 Å². The number of aliphatic hydroxyl groups excluding tert-OH is 3. The third kappa shape index (κ3) is 8.13. The summed E-state index contributed by atoms with van der Waals surface area (Å²) < 4.78 is 51.4. The van der Waals surface area contributed by atoms with Gasteiger partial charge in [-0.3, -0.25) is 18.1 Å². The van der Waals surface area contributed by atoms with Gasteiger partial charge in [-0.05, 0) is 13.0 Å². The van der Waals surface area contributed by atoms with E-state index in [1.807, 2.05) is 0 Å². The number of phosphoric acid groups is 3. The molecule has 0 heterocycles. The highest BCUT2D eigenvalue weighted by molar-refractivity contribution is 7.47. The van der Waals surface area contributed by atoms with Crippen LogP contribution in [0.4, 0.5) is 0 Å². The van der Waals surface area contributed by atoms with Crippen LogP contribution in [0.3, 0.4) is 0 Å². The van der Waals surface area contributed by atoms with E-state index in [4.69, 9.17) is 25.3 Å². The van der Waals surface area contributed by atoms with E-state index in [0.717, 1.165) is 0 Å². The molecular weight excluding hydrogens is 455 g/mol. The van der Waals surface area contributed by atoms with Gasteiger partial charge in [-0.2, -0.15) is 0 Å². The highest BCUT2D eigenvalue weighted by Crippen LogP contribution is 2.50. The van der Waals surface area contributed by atoms with Crippen molar-refractivity contribution in [3.8, 4) is 0 Å². The van der Waals surface area contributed by atoms with Crippen molar-refractivity contribution in [1.82, 2.24) is 0 Å². The number of aliphatic hydroxyl groups is 3. The molecule has 0 aromatic carbocycles. The molecule has 0 aromatic heterocycles. The fraction of sp³-hybridized carbons (Fsp3) is 1.00. The van der Waals surface area contributed by atoms with Crippen molar-refractivity contribution < 1.29 is 71.6 Å². The fourth-order valence-corrected chi connectivity index (χ4v) is 4.40. The Morgan fingerprint density at radius 2 is 1.14 bits per heavy atom. The molecular formula is C9H22NO15P3. The summed E-state index contributed by atoms with van der Waals surface area (Å²) in [5, 5.41) is 30.2. The van der Waals surface area contributed by atoms with Gasteiger partial charge < -0.3 is 45.5 Å². The second-order valence-corrected chi connectivity index (χ2v) is 9.40. The van der Waals surface area contributed by atoms with Gasteiger partial charge in [-0.1, -0.05) is 0 Å². The van der Waals surface area contributed by atoms with E-state index < -0.39 is 60.1 Å². The maximum Gasteiger partial charge on any atom is 0.472 e. The topological polar surface area (TPSA) is 276 Å². The summed E-state index contributed by atoms with van der Waals surface area (Å²) in [6.45, 7) is -0.273. The Balaban J connectivity index is 3.13. The standard InChI is InChI=1S/C9H22NO15P3/c10-2-1-3-22-28(20,21)25-7-4(11)5(12)8(23-26(14,15)16)9(6(7)13)24-27(17,18)19/h4-9,11-13H,1-3,10H2,(H,20,21)(H2,14,15,16)(H2,17,18,19)/t4-,5-,6-,7-,8+,9+/m1/s1. The summed E-state index contributed by atoms with van der Waals surface area (Å²) >= 11 is 0. The molecule has 0 saturated heterocycles. The Hall–Kier alpha value is 0.170. The summed E-state index contributed by atoms with van der Waals surface area (Å²) in [6, 6.07) is 0. The lowest BCUT2D eigenvalue weighted by Gasteiger charge is -2.44. The molecule has 1 fully saturated rings. The van der Waals surface area contributed by atoms with Crippen molar-refractivity contribution in [2.75, 3.05) is 13.2 Å². The van der Waals surface area contributed by atoms with E-state index >= 15 is 0 Å². The summed E-state index contributed by atoms with van der Waals surface area (Å²) in [6.07, 6.45) is -13.9. The van der Waals surface area contributed by atoms with Gasteiger partial charge in [0.1, 0.15) is 36.6 Å². The maximum absolute atomic E-state index is 11.9. The van der Waals surface area contributed by atoms with Crippen molar-refractivity contribution >= 4 is 23.5 Å². The Morgan fingerprint density at radius 3 is 1.57 bits per heavy atom. The molecule has 7 atom stereocenters. The predicted molar refractivity (Wildman–Crippen MR) is 86.2 cm³/mol. The molecule has 0 aliphatic heterocycles. The summed E-state index contributed by atoms with van der Waals surface area (Å²) in [4.78, 5) is 45.2. The molecule has 0 aromatic rings. The zero-order valence-electron chi connectivity index (χ0n) is 13.9. The molecule has 0 amide bonds. The average molecular weight is 477 g/mol. The average Bonchev–Trinajstić information content (AvgIpc) is 2.51. The van der Waals surface area contributed by atoms with Gasteiger partial charge >= 0.3 is 23.5 Å². The Kier molecular flexibility index (Phi) is 9.34. The minimum Gasteiger partial charge on any atom is -0.387 e. The first-order valence-electron chi connectivity index (χ1n) is 7.46. The number of rotatable bonds is 10. The zero-order valence-corrected chi connectivity index (χ0v) is 16.6. The molecule has 1 unspecified atom stereocenters. The third-order valence-corrected chi connectivity index (χ3v) is 5.45. The molecule has 168 valence electrons. The van der Waals surface area contributed by atoms with Gasteiger partial charge in [-0.25, -0.2) is 13.7 Å². The van der Waals surface area contributed by atoms with E-state index in [9.17, 15) is 33.9 Å². The van der Waals surface area contributed by atoms with Gasteiger partial charge in [-0.15, -0.1) is 0 Å². The van der Waals surface area contributed by atoms with Crippen LogP contribution >= 0.6 is 23.5 Å². The lowest BCUT2D eigenvalue weighted by atomic mass is 9.85. The summed E-state index contributed by atoms with van der Waals surface area (Å²) in [5.74, 6) is 0. The van der Waals surface area contributed by atoms with E-state index in [-0.39, 0.29) is 19.6 Å². The smallest absolute Gasteiger partial charge is 0.387 e. The van der Waals surface area contributed by atoms with Crippen LogP contribution in [0.2, 0.25) is 0 Å². The number of hydrogen-bond acceptors (Lipinski definition) is 11. The first-order valence-corrected chi connectivity index (χ1v) is 12.0. The minimum absolute atomic E-state index is 0.0903. The van der Waals surface area contributed by atoms with E-state index in [1.54, 1.807) is 0 Å². The molecule has 0 spiro atoms. The van der Waals surface area contributed by atoms with Gasteiger partial charge in [0.15, 0.2) is 0 Å². The van der Waals surface area contributed by atoms with Crippen LogP contribution in [-0.2, 0) is 31.8 Å². The second kappa shape index (κ2) is 9.98. The molecule has 1 saturated carbocycles. The van der Waals surface area contributed by atoms with E-state index in [0.29, 0.717) is 0 Å². The van der Waals surface area contributed by atoms with Crippen LogP contribution < -0.4 is 5.73 Å². The lowest BCUT2D eigenvalue weighted by molar-refractivity contribution is -0.212. The third-order valence-electron chi connectivity index (χ3n) is 3.40.